The number of morpholine rings is 1. The smallest absolute Gasteiger partial charge is 0.0911 e. The number of rotatable bonds is 6. The Morgan fingerprint density at radius 1 is 1.50 bits per heavy atom. The molecule has 0 saturated carbocycles. The zero-order valence-corrected chi connectivity index (χ0v) is 8.74. The summed E-state index contributed by atoms with van der Waals surface area (Å²) in [5, 5.41) is 11.5. The lowest BCUT2D eigenvalue weighted by Crippen LogP contribution is -2.48. The number of aliphatic hydroxyl groups excluding tert-OH is 1. The highest BCUT2D eigenvalue weighted by molar-refractivity contribution is 4.61. The van der Waals surface area contributed by atoms with E-state index in [0.29, 0.717) is 19.8 Å². The summed E-state index contributed by atoms with van der Waals surface area (Å²) in [6, 6.07) is 0. The Labute approximate surface area is 85.0 Å². The molecule has 1 saturated heterocycles. The van der Waals surface area contributed by atoms with Crippen LogP contribution in [0.2, 0.25) is 0 Å². The van der Waals surface area contributed by atoms with Crippen molar-refractivity contribution in [2.75, 3.05) is 46.1 Å². The SMILES string of the molecule is CCOCC(O)CNN1CCOCC1. The van der Waals surface area contributed by atoms with Crippen LogP contribution in [0.1, 0.15) is 6.92 Å². The van der Waals surface area contributed by atoms with Crippen molar-refractivity contribution < 1.29 is 14.6 Å². The van der Waals surface area contributed by atoms with Crippen LogP contribution in [0, 0.1) is 0 Å². The maximum absolute atomic E-state index is 9.47. The summed E-state index contributed by atoms with van der Waals surface area (Å²) < 4.78 is 10.3. The van der Waals surface area contributed by atoms with Crippen LogP contribution in [-0.2, 0) is 9.47 Å². The minimum Gasteiger partial charge on any atom is -0.389 e. The van der Waals surface area contributed by atoms with Crippen molar-refractivity contribution in [1.82, 2.24) is 10.4 Å². The van der Waals surface area contributed by atoms with Crippen molar-refractivity contribution in [2.24, 2.45) is 0 Å². The van der Waals surface area contributed by atoms with Gasteiger partial charge in [0.1, 0.15) is 0 Å². The molecule has 1 unspecified atom stereocenters. The number of hydrazine groups is 1. The second-order valence-corrected chi connectivity index (χ2v) is 3.27. The van der Waals surface area contributed by atoms with Gasteiger partial charge >= 0.3 is 0 Å². The van der Waals surface area contributed by atoms with Gasteiger partial charge in [-0.05, 0) is 6.92 Å². The molecule has 2 N–H and O–H groups in total. The monoisotopic (exact) mass is 204 g/mol. The van der Waals surface area contributed by atoms with Gasteiger partial charge in [-0.25, -0.2) is 5.01 Å². The number of hydrogen-bond donors (Lipinski definition) is 2. The van der Waals surface area contributed by atoms with Crippen LogP contribution >= 0.6 is 0 Å². The third-order valence-corrected chi connectivity index (χ3v) is 2.08. The molecule has 1 rings (SSSR count). The van der Waals surface area contributed by atoms with Gasteiger partial charge in [0, 0.05) is 26.2 Å². The van der Waals surface area contributed by atoms with Crippen molar-refractivity contribution >= 4 is 0 Å². The largest absolute Gasteiger partial charge is 0.389 e. The summed E-state index contributed by atoms with van der Waals surface area (Å²) in [4.78, 5) is 0. The Morgan fingerprint density at radius 3 is 2.86 bits per heavy atom. The normalized spacial score (nSPS) is 21.0. The highest BCUT2D eigenvalue weighted by Crippen LogP contribution is 1.92. The second kappa shape index (κ2) is 7.14. The number of nitrogens with one attached hydrogen (secondary N) is 1. The molecule has 1 atom stereocenters. The van der Waals surface area contributed by atoms with E-state index < -0.39 is 6.10 Å². The molecule has 0 aromatic heterocycles. The Balaban J connectivity index is 2.00. The van der Waals surface area contributed by atoms with Crippen LogP contribution in [0.3, 0.4) is 0 Å². The molecular weight excluding hydrogens is 184 g/mol. The van der Waals surface area contributed by atoms with Crippen LogP contribution in [0.4, 0.5) is 0 Å². The van der Waals surface area contributed by atoms with Gasteiger partial charge in [-0.2, -0.15) is 0 Å². The van der Waals surface area contributed by atoms with E-state index in [1.807, 2.05) is 6.92 Å². The van der Waals surface area contributed by atoms with E-state index in [-0.39, 0.29) is 0 Å². The molecule has 5 nitrogen and oxygen atoms in total. The molecular formula is C9H20N2O3. The lowest BCUT2D eigenvalue weighted by molar-refractivity contribution is -0.00939. The predicted octanol–water partition coefficient (Wildman–Crippen LogP) is -0.779. The Kier molecular flexibility index (Phi) is 6.05. The quantitative estimate of drug-likeness (QED) is 0.594. The molecule has 1 aliphatic heterocycles. The molecule has 1 aliphatic rings. The third-order valence-electron chi connectivity index (χ3n) is 2.08. The van der Waals surface area contributed by atoms with Crippen LogP contribution in [0.5, 0.6) is 0 Å². The lowest BCUT2D eigenvalue weighted by Gasteiger charge is -2.28. The van der Waals surface area contributed by atoms with Gasteiger partial charge < -0.3 is 14.6 Å². The van der Waals surface area contributed by atoms with E-state index in [4.69, 9.17) is 9.47 Å². The zero-order chi connectivity index (χ0) is 10.2. The molecule has 1 heterocycles. The summed E-state index contributed by atoms with van der Waals surface area (Å²) in [6.45, 7) is 6.77. The molecule has 0 aromatic carbocycles. The summed E-state index contributed by atoms with van der Waals surface area (Å²) in [7, 11) is 0. The van der Waals surface area contributed by atoms with E-state index in [1.165, 1.54) is 0 Å². The zero-order valence-electron chi connectivity index (χ0n) is 8.74. The van der Waals surface area contributed by atoms with E-state index in [2.05, 4.69) is 10.4 Å². The van der Waals surface area contributed by atoms with E-state index in [1.54, 1.807) is 0 Å². The van der Waals surface area contributed by atoms with E-state index in [9.17, 15) is 5.11 Å². The first-order valence-corrected chi connectivity index (χ1v) is 5.15. The molecule has 84 valence electrons. The van der Waals surface area contributed by atoms with Crippen LogP contribution in [-0.4, -0.2) is 62.3 Å². The highest BCUT2D eigenvalue weighted by atomic mass is 16.5. The second-order valence-electron chi connectivity index (χ2n) is 3.27. The van der Waals surface area contributed by atoms with Crippen molar-refractivity contribution in [3.8, 4) is 0 Å². The van der Waals surface area contributed by atoms with Gasteiger partial charge in [-0.3, -0.25) is 5.43 Å². The number of aliphatic hydroxyl groups is 1. The molecule has 0 aliphatic carbocycles. The summed E-state index contributed by atoms with van der Waals surface area (Å²) >= 11 is 0. The minimum atomic E-state index is -0.433. The fourth-order valence-corrected chi connectivity index (χ4v) is 1.27. The molecule has 0 bridgehead atoms. The Hall–Kier alpha value is -0.200. The van der Waals surface area contributed by atoms with Crippen LogP contribution in [0.15, 0.2) is 0 Å². The molecule has 1 fully saturated rings. The Bertz CT molecular complexity index is 140. The summed E-state index contributed by atoms with van der Waals surface area (Å²) in [5.41, 5.74) is 3.15. The van der Waals surface area contributed by atoms with Crippen molar-refractivity contribution in [3.05, 3.63) is 0 Å². The summed E-state index contributed by atoms with van der Waals surface area (Å²) in [5.74, 6) is 0. The molecule has 0 spiro atoms. The molecule has 14 heavy (non-hydrogen) atoms. The number of hydrogen-bond acceptors (Lipinski definition) is 5. The predicted molar refractivity (Wildman–Crippen MR) is 52.9 cm³/mol. The minimum absolute atomic E-state index is 0.397. The van der Waals surface area contributed by atoms with Crippen LogP contribution in [0.25, 0.3) is 0 Å². The fourth-order valence-electron chi connectivity index (χ4n) is 1.27. The lowest BCUT2D eigenvalue weighted by atomic mass is 10.4. The molecule has 5 heteroatoms. The van der Waals surface area contributed by atoms with Crippen molar-refractivity contribution in [3.63, 3.8) is 0 Å². The first-order valence-electron chi connectivity index (χ1n) is 5.15. The Morgan fingerprint density at radius 2 is 2.21 bits per heavy atom. The standard InChI is InChI=1S/C9H20N2O3/c1-2-13-8-9(12)7-10-11-3-5-14-6-4-11/h9-10,12H,2-8H2,1H3. The van der Waals surface area contributed by atoms with E-state index >= 15 is 0 Å². The average Bonchev–Trinajstić information content (AvgIpc) is 2.25. The highest BCUT2D eigenvalue weighted by Gasteiger charge is 2.11. The molecule has 0 aromatic rings. The van der Waals surface area contributed by atoms with Crippen molar-refractivity contribution in [1.29, 1.82) is 0 Å². The maximum atomic E-state index is 9.47. The third kappa shape index (κ3) is 4.88. The van der Waals surface area contributed by atoms with Gasteiger partial charge in [-0.15, -0.1) is 0 Å². The fraction of sp³-hybridized carbons (Fsp3) is 1.00. The first-order chi connectivity index (χ1) is 6.83. The van der Waals surface area contributed by atoms with Gasteiger partial charge in [0.15, 0.2) is 0 Å². The number of nitrogens with zero attached hydrogens (tertiary/aromatic N) is 1. The first kappa shape index (κ1) is 11.9. The van der Waals surface area contributed by atoms with E-state index in [0.717, 1.165) is 26.3 Å². The summed E-state index contributed by atoms with van der Waals surface area (Å²) in [6.07, 6.45) is -0.433. The van der Waals surface area contributed by atoms with Gasteiger partial charge in [0.05, 0.1) is 25.9 Å². The van der Waals surface area contributed by atoms with Crippen LogP contribution < -0.4 is 5.43 Å². The van der Waals surface area contributed by atoms with Gasteiger partial charge in [0.2, 0.25) is 0 Å². The van der Waals surface area contributed by atoms with Gasteiger partial charge in [0.25, 0.3) is 0 Å². The maximum Gasteiger partial charge on any atom is 0.0911 e. The number of ether oxygens (including phenoxy) is 2. The van der Waals surface area contributed by atoms with Gasteiger partial charge in [-0.1, -0.05) is 0 Å². The topological polar surface area (TPSA) is 54.0 Å². The molecule has 0 radical (unpaired) electrons. The van der Waals surface area contributed by atoms with Crippen molar-refractivity contribution in [2.45, 2.75) is 13.0 Å². The molecule has 0 amide bonds. The average molecular weight is 204 g/mol.